The molecule has 20 heavy (non-hydrogen) atoms. The number of anilines is 2. The molecule has 0 aromatic carbocycles. The van der Waals surface area contributed by atoms with Gasteiger partial charge in [-0.2, -0.15) is 5.10 Å². The van der Waals surface area contributed by atoms with E-state index in [9.17, 15) is 4.79 Å². The summed E-state index contributed by atoms with van der Waals surface area (Å²) in [5.74, 6) is 0.285. The van der Waals surface area contributed by atoms with Gasteiger partial charge in [0.2, 0.25) is 0 Å². The maximum absolute atomic E-state index is 11.5. The minimum atomic E-state index is -0.380. The molecule has 106 valence electrons. The zero-order chi connectivity index (χ0) is 14.7. The van der Waals surface area contributed by atoms with Gasteiger partial charge in [-0.1, -0.05) is 0 Å². The molecule has 0 atom stereocenters. The van der Waals surface area contributed by atoms with Crippen LogP contribution in [0.5, 0.6) is 0 Å². The number of hydrogen-bond donors (Lipinski definition) is 1. The van der Waals surface area contributed by atoms with Crippen LogP contribution in [0.2, 0.25) is 0 Å². The second kappa shape index (κ2) is 5.73. The first-order valence-electron chi connectivity index (χ1n) is 6.38. The molecule has 2 rings (SSSR count). The number of rotatable bonds is 4. The lowest BCUT2D eigenvalue weighted by molar-refractivity contribution is 0.0599. The van der Waals surface area contributed by atoms with Crippen molar-refractivity contribution >= 4 is 17.5 Å². The molecular formula is C14H18N4O2. The number of aromatic nitrogens is 3. The van der Waals surface area contributed by atoms with Crippen molar-refractivity contribution in [3.05, 3.63) is 35.8 Å². The fourth-order valence-electron chi connectivity index (χ4n) is 1.79. The molecule has 0 saturated carbocycles. The molecule has 0 aliphatic rings. The Morgan fingerprint density at radius 3 is 2.70 bits per heavy atom. The molecule has 6 nitrogen and oxygen atoms in total. The van der Waals surface area contributed by atoms with Gasteiger partial charge in [0.1, 0.15) is 5.82 Å². The van der Waals surface area contributed by atoms with E-state index in [4.69, 9.17) is 4.74 Å². The molecule has 2 aromatic heterocycles. The van der Waals surface area contributed by atoms with Crippen LogP contribution in [0, 0.1) is 6.92 Å². The summed E-state index contributed by atoms with van der Waals surface area (Å²) < 4.78 is 6.55. The van der Waals surface area contributed by atoms with E-state index in [1.54, 1.807) is 25.3 Å². The molecule has 2 aromatic rings. The van der Waals surface area contributed by atoms with Gasteiger partial charge < -0.3 is 10.1 Å². The Morgan fingerprint density at radius 1 is 1.40 bits per heavy atom. The van der Waals surface area contributed by atoms with Crippen molar-refractivity contribution in [2.45, 2.75) is 26.8 Å². The average molecular weight is 274 g/mol. The van der Waals surface area contributed by atoms with Crippen LogP contribution in [0.4, 0.5) is 11.5 Å². The summed E-state index contributed by atoms with van der Waals surface area (Å²) in [7, 11) is 1.36. The van der Waals surface area contributed by atoms with E-state index in [-0.39, 0.29) is 5.97 Å². The van der Waals surface area contributed by atoms with Crippen LogP contribution in [0.3, 0.4) is 0 Å². The fraction of sp³-hybridized carbons (Fsp3) is 0.357. The summed E-state index contributed by atoms with van der Waals surface area (Å²) in [6.07, 6.45) is 3.65. The van der Waals surface area contributed by atoms with Gasteiger partial charge in [-0.3, -0.25) is 4.68 Å². The lowest BCUT2D eigenvalue weighted by Crippen LogP contribution is -2.06. The molecule has 0 aliphatic heterocycles. The van der Waals surface area contributed by atoms with Crippen molar-refractivity contribution in [1.82, 2.24) is 14.8 Å². The van der Waals surface area contributed by atoms with Gasteiger partial charge in [0.05, 0.1) is 30.3 Å². The molecule has 6 heteroatoms. The number of esters is 1. The third-order valence-electron chi connectivity index (χ3n) is 2.89. The number of carbonyl (C=O) groups excluding carboxylic acids is 1. The van der Waals surface area contributed by atoms with E-state index in [2.05, 4.69) is 29.2 Å². The first-order valence-corrected chi connectivity index (χ1v) is 6.38. The molecular weight excluding hydrogens is 256 g/mol. The second-order valence-electron chi connectivity index (χ2n) is 4.75. The molecule has 0 saturated heterocycles. The SMILES string of the molecule is COC(=O)c1ccc(Nc2cnn(C(C)C)c2)nc1C. The lowest BCUT2D eigenvalue weighted by Gasteiger charge is -2.07. The third-order valence-corrected chi connectivity index (χ3v) is 2.89. The van der Waals surface area contributed by atoms with E-state index in [1.165, 1.54) is 7.11 Å². The van der Waals surface area contributed by atoms with E-state index in [0.717, 1.165) is 5.69 Å². The number of ether oxygens (including phenoxy) is 1. The maximum Gasteiger partial charge on any atom is 0.339 e. The Morgan fingerprint density at radius 2 is 2.15 bits per heavy atom. The number of methoxy groups -OCH3 is 1. The van der Waals surface area contributed by atoms with Gasteiger partial charge in [-0.05, 0) is 32.9 Å². The second-order valence-corrected chi connectivity index (χ2v) is 4.75. The van der Waals surface area contributed by atoms with Gasteiger partial charge in [-0.25, -0.2) is 9.78 Å². The smallest absolute Gasteiger partial charge is 0.339 e. The molecule has 0 bridgehead atoms. The van der Waals surface area contributed by atoms with Crippen molar-refractivity contribution in [2.75, 3.05) is 12.4 Å². The van der Waals surface area contributed by atoms with Crippen molar-refractivity contribution in [3.8, 4) is 0 Å². The Hall–Kier alpha value is -2.37. The highest BCUT2D eigenvalue weighted by atomic mass is 16.5. The van der Waals surface area contributed by atoms with Gasteiger partial charge in [0.25, 0.3) is 0 Å². The largest absolute Gasteiger partial charge is 0.465 e. The highest BCUT2D eigenvalue weighted by Gasteiger charge is 2.11. The molecule has 0 spiro atoms. The van der Waals surface area contributed by atoms with E-state index < -0.39 is 0 Å². The van der Waals surface area contributed by atoms with Crippen molar-refractivity contribution < 1.29 is 9.53 Å². The van der Waals surface area contributed by atoms with Gasteiger partial charge >= 0.3 is 5.97 Å². The van der Waals surface area contributed by atoms with Crippen LogP contribution >= 0.6 is 0 Å². The number of carbonyl (C=O) groups is 1. The molecule has 1 N–H and O–H groups in total. The highest BCUT2D eigenvalue weighted by Crippen LogP contribution is 2.17. The van der Waals surface area contributed by atoms with E-state index >= 15 is 0 Å². The third kappa shape index (κ3) is 2.96. The van der Waals surface area contributed by atoms with Gasteiger partial charge in [-0.15, -0.1) is 0 Å². The highest BCUT2D eigenvalue weighted by molar-refractivity contribution is 5.90. The van der Waals surface area contributed by atoms with Crippen LogP contribution < -0.4 is 5.32 Å². The minimum absolute atomic E-state index is 0.307. The summed E-state index contributed by atoms with van der Waals surface area (Å²) in [6.45, 7) is 5.89. The van der Waals surface area contributed by atoms with Crippen LogP contribution in [-0.4, -0.2) is 27.8 Å². The number of nitrogens with zero attached hydrogens (tertiary/aromatic N) is 3. The zero-order valence-corrected chi connectivity index (χ0v) is 12.0. The Balaban J connectivity index is 2.17. The summed E-state index contributed by atoms with van der Waals surface area (Å²) in [5, 5.41) is 7.40. The summed E-state index contributed by atoms with van der Waals surface area (Å²) >= 11 is 0. The molecule has 0 unspecified atom stereocenters. The number of nitrogens with one attached hydrogen (secondary N) is 1. The zero-order valence-electron chi connectivity index (χ0n) is 12.0. The van der Waals surface area contributed by atoms with Gasteiger partial charge in [0.15, 0.2) is 0 Å². The van der Waals surface area contributed by atoms with E-state index in [0.29, 0.717) is 23.1 Å². The molecule has 0 amide bonds. The lowest BCUT2D eigenvalue weighted by atomic mass is 10.2. The van der Waals surface area contributed by atoms with Crippen LogP contribution in [0.1, 0.15) is 35.9 Å². The van der Waals surface area contributed by atoms with Crippen LogP contribution in [0.15, 0.2) is 24.5 Å². The summed E-state index contributed by atoms with van der Waals surface area (Å²) in [6, 6.07) is 3.75. The standard InChI is InChI=1S/C14H18N4O2/c1-9(2)18-8-11(7-15-18)17-13-6-5-12(10(3)16-13)14(19)20-4/h5-9H,1-4H3,(H,16,17). The number of pyridine rings is 1. The Kier molecular flexibility index (Phi) is 4.02. The number of hydrogen-bond acceptors (Lipinski definition) is 5. The molecule has 2 heterocycles. The minimum Gasteiger partial charge on any atom is -0.465 e. The number of aryl methyl sites for hydroxylation is 1. The summed E-state index contributed by atoms with van der Waals surface area (Å²) in [5.41, 5.74) is 1.95. The molecule has 0 radical (unpaired) electrons. The first kappa shape index (κ1) is 14.0. The van der Waals surface area contributed by atoms with Crippen molar-refractivity contribution in [2.24, 2.45) is 0 Å². The first-order chi connectivity index (χ1) is 9.51. The predicted molar refractivity (Wildman–Crippen MR) is 76.2 cm³/mol. The van der Waals surface area contributed by atoms with Crippen LogP contribution in [-0.2, 0) is 4.74 Å². The molecule has 0 fully saturated rings. The summed E-state index contributed by atoms with van der Waals surface area (Å²) in [4.78, 5) is 15.8. The van der Waals surface area contributed by atoms with Crippen molar-refractivity contribution in [3.63, 3.8) is 0 Å². The van der Waals surface area contributed by atoms with Gasteiger partial charge in [0, 0.05) is 12.2 Å². The average Bonchev–Trinajstić information content (AvgIpc) is 2.87. The topological polar surface area (TPSA) is 69.0 Å². The quantitative estimate of drug-likeness (QED) is 0.868. The van der Waals surface area contributed by atoms with E-state index in [1.807, 2.05) is 10.9 Å². The Labute approximate surface area is 117 Å². The Bertz CT molecular complexity index is 619. The monoisotopic (exact) mass is 274 g/mol. The van der Waals surface area contributed by atoms with Crippen molar-refractivity contribution in [1.29, 1.82) is 0 Å². The maximum atomic E-state index is 11.5. The predicted octanol–water partition coefficient (Wildman–Crippen LogP) is 2.70. The molecule has 0 aliphatic carbocycles. The fourth-order valence-corrected chi connectivity index (χ4v) is 1.79. The normalized spacial score (nSPS) is 10.7. The van der Waals surface area contributed by atoms with Crippen LogP contribution in [0.25, 0.3) is 0 Å².